The van der Waals surface area contributed by atoms with Gasteiger partial charge in [0.05, 0.1) is 5.60 Å². The summed E-state index contributed by atoms with van der Waals surface area (Å²) in [7, 11) is 1.82. The molecule has 4 aliphatic carbocycles. The summed E-state index contributed by atoms with van der Waals surface area (Å²) in [6.07, 6.45) is 9.91. The van der Waals surface area contributed by atoms with E-state index in [0.717, 1.165) is 32.1 Å². The molecule has 4 aliphatic rings. The Morgan fingerprint density at radius 3 is 2.65 bits per heavy atom. The van der Waals surface area contributed by atoms with Crippen molar-refractivity contribution in [2.24, 2.45) is 16.7 Å². The van der Waals surface area contributed by atoms with E-state index in [9.17, 15) is 9.59 Å². The molecule has 4 rings (SSSR count). The van der Waals surface area contributed by atoms with Gasteiger partial charge in [-0.25, -0.2) is 0 Å². The van der Waals surface area contributed by atoms with E-state index >= 15 is 0 Å². The Balaban J connectivity index is 1.87. The fourth-order valence-electron chi connectivity index (χ4n) is 6.02. The number of rotatable bonds is 1. The normalized spacial score (nSPS) is 45.8. The van der Waals surface area contributed by atoms with E-state index in [0.29, 0.717) is 24.5 Å². The summed E-state index contributed by atoms with van der Waals surface area (Å²) in [5, 5.41) is 0. The number of Topliss-reactive ketones (excluding diaryl/α,β-unsaturated/α-hetero) is 1. The molecule has 2 saturated carbocycles. The minimum Gasteiger partial charge on any atom is -0.373 e. The number of hydrogen-bond acceptors (Lipinski definition) is 3. The highest BCUT2D eigenvalue weighted by atomic mass is 16.5. The lowest BCUT2D eigenvalue weighted by Gasteiger charge is -2.59. The monoisotopic (exact) mass is 314 g/mol. The van der Waals surface area contributed by atoms with Gasteiger partial charge in [-0.1, -0.05) is 25.5 Å². The largest absolute Gasteiger partial charge is 0.373 e. The molecule has 3 nitrogen and oxygen atoms in total. The number of methoxy groups -OCH3 is 1. The molecule has 23 heavy (non-hydrogen) atoms. The van der Waals surface area contributed by atoms with Gasteiger partial charge in [0.1, 0.15) is 5.78 Å². The van der Waals surface area contributed by atoms with Crippen molar-refractivity contribution in [1.82, 2.24) is 0 Å². The first-order chi connectivity index (χ1) is 10.9. The summed E-state index contributed by atoms with van der Waals surface area (Å²) >= 11 is 0. The van der Waals surface area contributed by atoms with Gasteiger partial charge in [-0.05, 0) is 49.7 Å². The van der Waals surface area contributed by atoms with Crippen LogP contribution in [0.2, 0.25) is 0 Å². The molecule has 0 heterocycles. The molecule has 0 aromatic carbocycles. The van der Waals surface area contributed by atoms with Crippen molar-refractivity contribution in [3.05, 3.63) is 23.3 Å². The van der Waals surface area contributed by atoms with Gasteiger partial charge in [0.15, 0.2) is 5.78 Å². The Morgan fingerprint density at radius 2 is 1.91 bits per heavy atom. The molecule has 0 bridgehead atoms. The maximum absolute atomic E-state index is 12.5. The summed E-state index contributed by atoms with van der Waals surface area (Å²) in [6, 6.07) is 0. The molecular weight excluding hydrogens is 288 g/mol. The predicted molar refractivity (Wildman–Crippen MR) is 87.9 cm³/mol. The Morgan fingerprint density at radius 1 is 1.13 bits per heavy atom. The quantitative estimate of drug-likeness (QED) is 0.692. The highest BCUT2D eigenvalue weighted by Gasteiger charge is 2.64. The summed E-state index contributed by atoms with van der Waals surface area (Å²) in [4.78, 5) is 24.4. The third-order valence-corrected chi connectivity index (χ3v) is 7.60. The standard InChI is InChI=1S/C20H26O3/c1-18-10-11-20(23-3)16(15(18)6-7-17(18)22)5-4-13-12-14(21)8-9-19(13,20)2/h5,12,15H,4,6-11H2,1-3H3/t15?,18-,19-,20+/m0/s1. The molecule has 0 aromatic heterocycles. The molecule has 3 heteroatoms. The Bertz CT molecular complexity index is 658. The van der Waals surface area contributed by atoms with Crippen LogP contribution in [0.5, 0.6) is 0 Å². The van der Waals surface area contributed by atoms with Crippen LogP contribution in [0, 0.1) is 16.7 Å². The lowest BCUT2D eigenvalue weighted by molar-refractivity contribution is -0.137. The van der Waals surface area contributed by atoms with Gasteiger partial charge in [0.25, 0.3) is 0 Å². The van der Waals surface area contributed by atoms with Crippen LogP contribution in [0.4, 0.5) is 0 Å². The maximum atomic E-state index is 12.5. The van der Waals surface area contributed by atoms with Crippen molar-refractivity contribution in [2.45, 2.75) is 64.4 Å². The second-order valence-electron chi connectivity index (χ2n) is 8.29. The van der Waals surface area contributed by atoms with Crippen LogP contribution in [0.25, 0.3) is 0 Å². The van der Waals surface area contributed by atoms with Gasteiger partial charge in [-0.15, -0.1) is 0 Å². The van der Waals surface area contributed by atoms with Crippen molar-refractivity contribution in [3.8, 4) is 0 Å². The van der Waals surface area contributed by atoms with Gasteiger partial charge in [-0.2, -0.15) is 0 Å². The number of ether oxygens (including phenoxy) is 1. The molecule has 2 fully saturated rings. The molecule has 0 aromatic rings. The SMILES string of the molecule is CO[C@]12CC[C@]3(C)C(=O)CCC3C1=CCC1=CC(=O)CC[C@@]12C. The lowest BCUT2D eigenvalue weighted by Crippen LogP contribution is -2.59. The number of carbonyl (C=O) groups excluding carboxylic acids is 2. The van der Waals surface area contributed by atoms with Gasteiger partial charge in [-0.3, -0.25) is 9.59 Å². The first-order valence-electron chi connectivity index (χ1n) is 8.90. The number of hydrogen-bond donors (Lipinski definition) is 0. The fourth-order valence-corrected chi connectivity index (χ4v) is 6.02. The molecule has 0 aliphatic heterocycles. The van der Waals surface area contributed by atoms with Gasteiger partial charge in [0, 0.05) is 30.8 Å². The molecular formula is C20H26O3. The molecule has 0 N–H and O–H groups in total. The zero-order valence-electron chi connectivity index (χ0n) is 14.4. The number of fused-ring (bicyclic) bond motifs is 5. The maximum Gasteiger partial charge on any atom is 0.155 e. The van der Waals surface area contributed by atoms with E-state index in [1.807, 2.05) is 13.2 Å². The van der Waals surface area contributed by atoms with E-state index < -0.39 is 0 Å². The van der Waals surface area contributed by atoms with Crippen LogP contribution in [-0.2, 0) is 14.3 Å². The summed E-state index contributed by atoms with van der Waals surface area (Å²) in [5.74, 6) is 0.996. The Labute approximate surface area is 138 Å². The first kappa shape index (κ1) is 15.3. The number of ketones is 2. The van der Waals surface area contributed by atoms with Crippen molar-refractivity contribution >= 4 is 11.6 Å². The highest BCUT2D eigenvalue weighted by molar-refractivity contribution is 5.92. The van der Waals surface area contributed by atoms with Gasteiger partial charge >= 0.3 is 0 Å². The van der Waals surface area contributed by atoms with E-state index in [1.165, 1.54) is 11.1 Å². The minimum atomic E-state index is -0.327. The average molecular weight is 314 g/mol. The van der Waals surface area contributed by atoms with E-state index in [2.05, 4.69) is 19.9 Å². The van der Waals surface area contributed by atoms with Crippen molar-refractivity contribution < 1.29 is 14.3 Å². The smallest absolute Gasteiger partial charge is 0.155 e. The number of allylic oxidation sites excluding steroid dienone is 2. The third kappa shape index (κ3) is 1.69. The second-order valence-corrected chi connectivity index (χ2v) is 8.29. The number of carbonyl (C=O) groups is 2. The molecule has 0 amide bonds. The summed E-state index contributed by atoms with van der Waals surface area (Å²) in [5.41, 5.74) is 1.95. The summed E-state index contributed by atoms with van der Waals surface area (Å²) < 4.78 is 6.25. The van der Waals surface area contributed by atoms with Crippen LogP contribution in [0.15, 0.2) is 23.3 Å². The molecule has 0 saturated heterocycles. The van der Waals surface area contributed by atoms with E-state index in [4.69, 9.17) is 4.74 Å². The van der Waals surface area contributed by atoms with Crippen LogP contribution in [0.1, 0.15) is 58.8 Å². The molecule has 0 radical (unpaired) electrons. The van der Waals surface area contributed by atoms with Crippen LogP contribution in [0.3, 0.4) is 0 Å². The minimum absolute atomic E-state index is 0.104. The second kappa shape index (κ2) is 4.66. The fraction of sp³-hybridized carbons (Fsp3) is 0.700. The molecule has 0 spiro atoms. The van der Waals surface area contributed by atoms with Crippen molar-refractivity contribution in [3.63, 3.8) is 0 Å². The first-order valence-corrected chi connectivity index (χ1v) is 8.90. The van der Waals surface area contributed by atoms with Crippen LogP contribution < -0.4 is 0 Å². The van der Waals surface area contributed by atoms with Crippen LogP contribution >= 0.6 is 0 Å². The molecule has 124 valence electrons. The summed E-state index contributed by atoms with van der Waals surface area (Å²) in [6.45, 7) is 4.44. The average Bonchev–Trinajstić information content (AvgIpc) is 2.83. The highest BCUT2D eigenvalue weighted by Crippen LogP contribution is 2.65. The van der Waals surface area contributed by atoms with Gasteiger partial charge in [0.2, 0.25) is 0 Å². The molecule has 4 atom stereocenters. The zero-order valence-corrected chi connectivity index (χ0v) is 14.4. The van der Waals surface area contributed by atoms with Crippen LogP contribution in [-0.4, -0.2) is 24.3 Å². The third-order valence-electron chi connectivity index (χ3n) is 7.60. The lowest BCUT2D eigenvalue weighted by atomic mass is 9.48. The van der Waals surface area contributed by atoms with E-state index in [1.54, 1.807) is 0 Å². The van der Waals surface area contributed by atoms with E-state index in [-0.39, 0.29) is 22.2 Å². The molecule has 1 unspecified atom stereocenters. The topological polar surface area (TPSA) is 43.4 Å². The Kier molecular flexibility index (Phi) is 3.10. The predicted octanol–water partition coefficient (Wildman–Crippen LogP) is 3.78. The Hall–Kier alpha value is -1.22. The zero-order chi connectivity index (χ0) is 16.5. The van der Waals surface area contributed by atoms with Gasteiger partial charge < -0.3 is 4.74 Å². The van der Waals surface area contributed by atoms with Crippen molar-refractivity contribution in [2.75, 3.05) is 7.11 Å². The van der Waals surface area contributed by atoms with Crippen molar-refractivity contribution in [1.29, 1.82) is 0 Å².